The summed E-state index contributed by atoms with van der Waals surface area (Å²) in [6.07, 6.45) is -0.487. The fraction of sp³-hybridized carbons (Fsp3) is 0.417. The summed E-state index contributed by atoms with van der Waals surface area (Å²) in [7, 11) is 1.50. The lowest BCUT2D eigenvalue weighted by Gasteiger charge is -2.18. The van der Waals surface area contributed by atoms with Gasteiger partial charge in [-0.2, -0.15) is 0 Å². The lowest BCUT2D eigenvalue weighted by atomic mass is 10.3. The maximum atomic E-state index is 11.7. The first kappa shape index (κ1) is 13.2. The molecule has 0 aliphatic heterocycles. The largest absolute Gasteiger partial charge is 0.504 e. The third kappa shape index (κ3) is 3.27. The Hall–Kier alpha value is -1.91. The van der Waals surface area contributed by atoms with Gasteiger partial charge in [0.05, 0.1) is 7.11 Å². The normalized spacial score (nSPS) is 9.82. The highest BCUT2D eigenvalue weighted by Crippen LogP contribution is 2.30. The van der Waals surface area contributed by atoms with Crippen LogP contribution in [-0.2, 0) is 0 Å². The van der Waals surface area contributed by atoms with Gasteiger partial charge in [0.15, 0.2) is 11.5 Å². The van der Waals surface area contributed by atoms with Crippen LogP contribution in [0.4, 0.5) is 4.79 Å². The Bertz CT molecular complexity index is 388. The molecule has 0 bridgehead atoms. The van der Waals surface area contributed by atoms with Crippen LogP contribution in [0.25, 0.3) is 0 Å². The van der Waals surface area contributed by atoms with E-state index in [2.05, 4.69) is 0 Å². The quantitative estimate of drug-likeness (QED) is 0.875. The van der Waals surface area contributed by atoms with Crippen molar-refractivity contribution in [2.24, 2.45) is 0 Å². The summed E-state index contributed by atoms with van der Waals surface area (Å²) in [5.74, 6) is 0.526. The van der Waals surface area contributed by atoms with E-state index < -0.39 is 6.09 Å². The number of hydrogen-bond acceptors (Lipinski definition) is 4. The summed E-state index contributed by atoms with van der Waals surface area (Å²) in [6.45, 7) is 4.83. The van der Waals surface area contributed by atoms with E-state index >= 15 is 0 Å². The number of rotatable bonds is 4. The molecule has 0 fully saturated rings. The summed E-state index contributed by atoms with van der Waals surface area (Å²) in [5, 5.41) is 9.56. The Labute approximate surface area is 101 Å². The Balaban J connectivity index is 2.83. The molecular formula is C12H17NO4. The minimum absolute atomic E-state index is 0.0914. The van der Waals surface area contributed by atoms with Crippen LogP contribution in [0.1, 0.15) is 13.8 Å². The van der Waals surface area contributed by atoms with Crippen molar-refractivity contribution in [3.63, 3.8) is 0 Å². The number of ether oxygens (including phenoxy) is 2. The molecule has 1 aromatic rings. The molecule has 0 spiro atoms. The van der Waals surface area contributed by atoms with E-state index in [1.54, 1.807) is 6.07 Å². The van der Waals surface area contributed by atoms with Crippen LogP contribution in [0.5, 0.6) is 17.2 Å². The number of benzene rings is 1. The van der Waals surface area contributed by atoms with E-state index in [-0.39, 0.29) is 11.5 Å². The van der Waals surface area contributed by atoms with Crippen molar-refractivity contribution in [2.45, 2.75) is 13.8 Å². The number of nitrogens with zero attached hydrogens (tertiary/aromatic N) is 1. The highest BCUT2D eigenvalue weighted by molar-refractivity contribution is 5.71. The zero-order valence-corrected chi connectivity index (χ0v) is 10.3. The van der Waals surface area contributed by atoms with E-state index in [4.69, 9.17) is 9.47 Å². The molecule has 0 aliphatic carbocycles. The van der Waals surface area contributed by atoms with E-state index in [9.17, 15) is 9.90 Å². The molecule has 1 N–H and O–H groups in total. The van der Waals surface area contributed by atoms with Crippen molar-refractivity contribution in [3.8, 4) is 17.2 Å². The average molecular weight is 239 g/mol. The van der Waals surface area contributed by atoms with Crippen molar-refractivity contribution >= 4 is 6.09 Å². The highest BCUT2D eigenvalue weighted by atomic mass is 16.6. The van der Waals surface area contributed by atoms with E-state index in [1.807, 2.05) is 13.8 Å². The van der Waals surface area contributed by atoms with Gasteiger partial charge in [-0.1, -0.05) is 0 Å². The maximum Gasteiger partial charge on any atom is 0.415 e. The number of amides is 1. The van der Waals surface area contributed by atoms with Gasteiger partial charge in [0.25, 0.3) is 0 Å². The molecular weight excluding hydrogens is 222 g/mol. The van der Waals surface area contributed by atoms with Gasteiger partial charge < -0.3 is 19.5 Å². The monoisotopic (exact) mass is 239 g/mol. The van der Waals surface area contributed by atoms with Crippen LogP contribution < -0.4 is 9.47 Å². The summed E-state index contributed by atoms with van der Waals surface area (Å²) >= 11 is 0. The van der Waals surface area contributed by atoms with Crippen LogP contribution in [0, 0.1) is 0 Å². The summed E-state index contributed by atoms with van der Waals surface area (Å²) in [6, 6.07) is 4.48. The molecule has 5 heteroatoms. The zero-order valence-electron chi connectivity index (χ0n) is 10.3. The van der Waals surface area contributed by atoms with E-state index in [0.29, 0.717) is 18.8 Å². The molecule has 94 valence electrons. The van der Waals surface area contributed by atoms with Crippen LogP contribution >= 0.6 is 0 Å². The molecule has 0 heterocycles. The van der Waals surface area contributed by atoms with Gasteiger partial charge in [-0.15, -0.1) is 0 Å². The van der Waals surface area contributed by atoms with E-state index in [0.717, 1.165) is 0 Å². The Kier molecular flexibility index (Phi) is 4.63. The number of phenolic OH excluding ortho intramolecular Hbond substituents is 1. The molecule has 1 rings (SSSR count). The highest BCUT2D eigenvalue weighted by Gasteiger charge is 2.14. The second-order valence-electron chi connectivity index (χ2n) is 3.37. The fourth-order valence-corrected chi connectivity index (χ4v) is 1.34. The summed E-state index contributed by atoms with van der Waals surface area (Å²) in [5.41, 5.74) is 0. The molecule has 17 heavy (non-hydrogen) atoms. The topological polar surface area (TPSA) is 59.0 Å². The van der Waals surface area contributed by atoms with Gasteiger partial charge in [-0.05, 0) is 26.0 Å². The fourth-order valence-electron chi connectivity index (χ4n) is 1.34. The first-order chi connectivity index (χ1) is 8.12. The van der Waals surface area contributed by atoms with Crippen LogP contribution in [0.2, 0.25) is 0 Å². The molecule has 0 radical (unpaired) electrons. The number of aromatic hydroxyl groups is 1. The molecule has 0 atom stereocenters. The molecule has 5 nitrogen and oxygen atoms in total. The van der Waals surface area contributed by atoms with Crippen molar-refractivity contribution in [3.05, 3.63) is 18.2 Å². The van der Waals surface area contributed by atoms with Gasteiger partial charge in [0, 0.05) is 19.2 Å². The lowest BCUT2D eigenvalue weighted by molar-refractivity contribution is 0.155. The maximum absolute atomic E-state index is 11.7. The number of phenols is 1. The third-order valence-corrected chi connectivity index (χ3v) is 2.39. The summed E-state index contributed by atoms with van der Waals surface area (Å²) in [4.78, 5) is 13.2. The van der Waals surface area contributed by atoms with Crippen molar-refractivity contribution < 1.29 is 19.4 Å². The molecule has 1 amide bonds. The second-order valence-corrected chi connectivity index (χ2v) is 3.37. The SMILES string of the molecule is CCN(CC)C(=O)Oc1cc(OC)ccc1O. The zero-order chi connectivity index (χ0) is 12.8. The minimum atomic E-state index is -0.487. The van der Waals surface area contributed by atoms with Crippen molar-refractivity contribution in [2.75, 3.05) is 20.2 Å². The molecule has 0 saturated carbocycles. The predicted octanol–water partition coefficient (Wildman–Crippen LogP) is 2.24. The number of hydrogen-bond donors (Lipinski definition) is 1. The van der Waals surface area contributed by atoms with Crippen LogP contribution in [0.15, 0.2) is 18.2 Å². The average Bonchev–Trinajstić information content (AvgIpc) is 2.33. The smallest absolute Gasteiger partial charge is 0.415 e. The van der Waals surface area contributed by atoms with Gasteiger partial charge in [0.2, 0.25) is 0 Å². The third-order valence-electron chi connectivity index (χ3n) is 2.39. The summed E-state index contributed by atoms with van der Waals surface area (Å²) < 4.78 is 10.1. The van der Waals surface area contributed by atoms with Gasteiger partial charge in [-0.3, -0.25) is 0 Å². The Morgan fingerprint density at radius 2 is 2.00 bits per heavy atom. The molecule has 0 saturated heterocycles. The number of methoxy groups -OCH3 is 1. The molecule has 0 aromatic heterocycles. The van der Waals surface area contributed by atoms with Gasteiger partial charge >= 0.3 is 6.09 Å². The molecule has 1 aromatic carbocycles. The predicted molar refractivity (Wildman–Crippen MR) is 63.6 cm³/mol. The Morgan fingerprint density at radius 3 is 2.53 bits per heavy atom. The van der Waals surface area contributed by atoms with E-state index in [1.165, 1.54) is 24.1 Å². The lowest BCUT2D eigenvalue weighted by Crippen LogP contribution is -2.33. The van der Waals surface area contributed by atoms with Crippen LogP contribution in [0.3, 0.4) is 0 Å². The first-order valence-corrected chi connectivity index (χ1v) is 5.46. The second kappa shape index (κ2) is 5.98. The van der Waals surface area contributed by atoms with Crippen molar-refractivity contribution in [1.82, 2.24) is 4.90 Å². The van der Waals surface area contributed by atoms with Gasteiger partial charge in [0.1, 0.15) is 5.75 Å². The standard InChI is InChI=1S/C12H17NO4/c1-4-13(5-2)12(15)17-11-8-9(16-3)6-7-10(11)14/h6-8,14H,4-5H2,1-3H3. The number of carbonyl (C=O) groups excluding carboxylic acids is 1. The molecule has 0 aliphatic rings. The first-order valence-electron chi connectivity index (χ1n) is 5.46. The molecule has 0 unspecified atom stereocenters. The Morgan fingerprint density at radius 1 is 1.35 bits per heavy atom. The van der Waals surface area contributed by atoms with Gasteiger partial charge in [-0.25, -0.2) is 4.79 Å². The van der Waals surface area contributed by atoms with Crippen LogP contribution in [-0.4, -0.2) is 36.3 Å². The van der Waals surface area contributed by atoms with Crippen molar-refractivity contribution in [1.29, 1.82) is 0 Å². The minimum Gasteiger partial charge on any atom is -0.504 e. The number of carbonyl (C=O) groups is 1.